The van der Waals surface area contributed by atoms with Crippen LogP contribution in [0.3, 0.4) is 0 Å². The Morgan fingerprint density at radius 3 is 2.25 bits per heavy atom. The maximum atomic E-state index is 8.61. The zero-order valence-corrected chi connectivity index (χ0v) is 6.37. The average molecular weight is 156 g/mol. The van der Waals surface area contributed by atoms with Gasteiger partial charge in [0.1, 0.15) is 29.5 Å². The molecular formula is C8H4N4. The van der Waals surface area contributed by atoms with Gasteiger partial charge in [-0.15, -0.1) is 0 Å². The Balaban J connectivity index is 3.54. The Labute approximate surface area is 69.5 Å². The lowest BCUT2D eigenvalue weighted by Crippen LogP contribution is -1.90. The van der Waals surface area contributed by atoms with Crippen molar-refractivity contribution in [3.8, 4) is 18.2 Å². The van der Waals surface area contributed by atoms with E-state index >= 15 is 0 Å². The van der Waals surface area contributed by atoms with Crippen LogP contribution in [-0.4, -0.2) is 4.57 Å². The largest absolute Gasteiger partial charge is 0.340 e. The zero-order chi connectivity index (χ0) is 9.14. The van der Waals surface area contributed by atoms with Gasteiger partial charge in [-0.05, 0) is 0 Å². The van der Waals surface area contributed by atoms with Crippen LogP contribution in [0.5, 0.6) is 0 Å². The van der Waals surface area contributed by atoms with Crippen molar-refractivity contribution in [1.82, 2.24) is 4.57 Å². The SMILES string of the molecule is Cn1cc(C#N)c(C#N)c1C#N. The van der Waals surface area contributed by atoms with Gasteiger partial charge in [-0.2, -0.15) is 15.8 Å². The minimum absolute atomic E-state index is 0.155. The standard InChI is InChI=1S/C8H4N4/c1-12-5-6(2-9)7(3-10)8(12)4-11/h5H,1H3. The third-order valence-corrected chi connectivity index (χ3v) is 1.52. The highest BCUT2D eigenvalue weighted by Gasteiger charge is 2.12. The molecule has 4 heteroatoms. The number of rotatable bonds is 0. The summed E-state index contributed by atoms with van der Waals surface area (Å²) in [7, 11) is 1.63. The van der Waals surface area contributed by atoms with Gasteiger partial charge in [0, 0.05) is 13.2 Å². The Morgan fingerprint density at radius 1 is 1.17 bits per heavy atom. The fraction of sp³-hybridized carbons (Fsp3) is 0.125. The van der Waals surface area contributed by atoms with E-state index in [1.807, 2.05) is 18.2 Å². The van der Waals surface area contributed by atoms with Gasteiger partial charge >= 0.3 is 0 Å². The number of hydrogen-bond acceptors (Lipinski definition) is 3. The summed E-state index contributed by atoms with van der Waals surface area (Å²) >= 11 is 0. The Hall–Kier alpha value is -2.25. The van der Waals surface area contributed by atoms with Crippen LogP contribution in [0.15, 0.2) is 6.20 Å². The summed E-state index contributed by atoms with van der Waals surface area (Å²) in [5.41, 5.74) is 0.633. The van der Waals surface area contributed by atoms with E-state index < -0.39 is 0 Å². The quantitative estimate of drug-likeness (QED) is 0.553. The van der Waals surface area contributed by atoms with Crippen molar-refractivity contribution in [2.75, 3.05) is 0 Å². The van der Waals surface area contributed by atoms with Crippen molar-refractivity contribution in [2.24, 2.45) is 7.05 Å². The lowest BCUT2D eigenvalue weighted by molar-refractivity contribution is 0.906. The molecule has 4 nitrogen and oxygen atoms in total. The highest BCUT2D eigenvalue weighted by molar-refractivity contribution is 5.53. The number of nitrogens with zero attached hydrogens (tertiary/aromatic N) is 4. The monoisotopic (exact) mass is 156 g/mol. The summed E-state index contributed by atoms with van der Waals surface area (Å²) < 4.78 is 1.47. The summed E-state index contributed by atoms with van der Waals surface area (Å²) in [6, 6.07) is 5.53. The van der Waals surface area contributed by atoms with Crippen molar-refractivity contribution >= 4 is 0 Å². The minimum Gasteiger partial charge on any atom is -0.340 e. The molecule has 0 radical (unpaired) electrons. The van der Waals surface area contributed by atoms with Crippen LogP contribution in [0.25, 0.3) is 0 Å². The van der Waals surface area contributed by atoms with Crippen LogP contribution in [0, 0.1) is 34.0 Å². The van der Waals surface area contributed by atoms with Crippen molar-refractivity contribution in [3.63, 3.8) is 0 Å². The van der Waals surface area contributed by atoms with Crippen LogP contribution in [0.2, 0.25) is 0 Å². The molecule has 56 valence electrons. The van der Waals surface area contributed by atoms with Crippen LogP contribution in [-0.2, 0) is 7.05 Å². The van der Waals surface area contributed by atoms with Gasteiger partial charge < -0.3 is 4.57 Å². The van der Waals surface area contributed by atoms with Gasteiger partial charge in [0.15, 0.2) is 0 Å². The van der Waals surface area contributed by atoms with Crippen molar-refractivity contribution in [3.05, 3.63) is 23.0 Å². The van der Waals surface area contributed by atoms with Crippen molar-refractivity contribution < 1.29 is 0 Å². The van der Waals surface area contributed by atoms with E-state index in [1.165, 1.54) is 10.8 Å². The summed E-state index contributed by atoms with van der Waals surface area (Å²) in [4.78, 5) is 0. The molecular weight excluding hydrogens is 152 g/mol. The second kappa shape index (κ2) is 2.78. The van der Waals surface area contributed by atoms with E-state index in [4.69, 9.17) is 15.8 Å². The zero-order valence-electron chi connectivity index (χ0n) is 6.37. The first-order chi connectivity index (χ1) is 5.74. The first kappa shape index (κ1) is 7.85. The topological polar surface area (TPSA) is 76.3 Å². The molecule has 0 aliphatic carbocycles. The molecule has 0 aliphatic heterocycles. The third kappa shape index (κ3) is 0.905. The van der Waals surface area contributed by atoms with E-state index in [0.717, 1.165) is 0 Å². The highest BCUT2D eigenvalue weighted by Crippen LogP contribution is 2.13. The third-order valence-electron chi connectivity index (χ3n) is 1.52. The summed E-state index contributed by atoms with van der Waals surface area (Å²) in [6.07, 6.45) is 1.47. The lowest BCUT2D eigenvalue weighted by atomic mass is 10.2. The van der Waals surface area contributed by atoms with Gasteiger partial charge in [-0.25, -0.2) is 0 Å². The van der Waals surface area contributed by atoms with E-state index in [2.05, 4.69) is 0 Å². The van der Waals surface area contributed by atoms with Gasteiger partial charge in [0.25, 0.3) is 0 Å². The second-order valence-electron chi connectivity index (χ2n) is 2.21. The molecule has 0 saturated carbocycles. The molecule has 0 aliphatic rings. The molecule has 1 aromatic rings. The van der Waals surface area contributed by atoms with E-state index in [-0.39, 0.29) is 16.8 Å². The van der Waals surface area contributed by atoms with Crippen LogP contribution in [0.1, 0.15) is 16.8 Å². The second-order valence-corrected chi connectivity index (χ2v) is 2.21. The fourth-order valence-electron chi connectivity index (χ4n) is 0.959. The maximum Gasteiger partial charge on any atom is 0.139 e. The highest BCUT2D eigenvalue weighted by atomic mass is 14.9. The molecule has 0 spiro atoms. The Bertz CT molecular complexity index is 433. The van der Waals surface area contributed by atoms with Gasteiger partial charge in [0.2, 0.25) is 0 Å². The molecule has 1 aromatic heterocycles. The number of aromatic nitrogens is 1. The van der Waals surface area contributed by atoms with Crippen molar-refractivity contribution in [2.45, 2.75) is 0 Å². The van der Waals surface area contributed by atoms with E-state index in [9.17, 15) is 0 Å². The Morgan fingerprint density at radius 2 is 1.83 bits per heavy atom. The molecule has 1 rings (SSSR count). The molecule has 0 unspecified atom stereocenters. The van der Waals surface area contributed by atoms with E-state index in [1.54, 1.807) is 7.05 Å². The molecule has 0 aromatic carbocycles. The van der Waals surface area contributed by atoms with E-state index in [0.29, 0.717) is 0 Å². The molecule has 0 atom stereocenters. The molecule has 12 heavy (non-hydrogen) atoms. The first-order valence-corrected chi connectivity index (χ1v) is 3.14. The first-order valence-electron chi connectivity index (χ1n) is 3.14. The normalized spacial score (nSPS) is 8.17. The number of hydrogen-bond donors (Lipinski definition) is 0. The number of nitriles is 3. The Kier molecular flexibility index (Phi) is 1.82. The van der Waals surface area contributed by atoms with Gasteiger partial charge in [0.05, 0.1) is 5.56 Å². The minimum atomic E-state index is 0.155. The van der Waals surface area contributed by atoms with Gasteiger partial charge in [-0.3, -0.25) is 0 Å². The molecule has 0 amide bonds. The molecule has 0 N–H and O–H groups in total. The molecule has 0 saturated heterocycles. The van der Waals surface area contributed by atoms with Crippen LogP contribution in [0.4, 0.5) is 0 Å². The number of aryl methyl sites for hydroxylation is 1. The maximum absolute atomic E-state index is 8.61. The predicted octanol–water partition coefficient (Wildman–Crippen LogP) is 0.640. The summed E-state index contributed by atoms with van der Waals surface area (Å²) in [5.74, 6) is 0. The van der Waals surface area contributed by atoms with Crippen LogP contribution >= 0.6 is 0 Å². The average Bonchev–Trinajstić information content (AvgIpc) is 2.40. The summed E-state index contributed by atoms with van der Waals surface area (Å²) in [6.45, 7) is 0. The summed E-state index contributed by atoms with van der Waals surface area (Å²) in [5, 5.41) is 25.8. The smallest absolute Gasteiger partial charge is 0.139 e. The predicted molar refractivity (Wildman–Crippen MR) is 39.6 cm³/mol. The molecule has 0 fully saturated rings. The van der Waals surface area contributed by atoms with Gasteiger partial charge in [-0.1, -0.05) is 0 Å². The van der Waals surface area contributed by atoms with Crippen molar-refractivity contribution in [1.29, 1.82) is 15.8 Å². The fourth-order valence-corrected chi connectivity index (χ4v) is 0.959. The van der Waals surface area contributed by atoms with Crippen LogP contribution < -0.4 is 0 Å². The molecule has 0 bridgehead atoms. The lowest BCUT2D eigenvalue weighted by Gasteiger charge is -1.88. The molecule has 1 heterocycles.